The largest absolute Gasteiger partial charge is 0.496 e. The topological polar surface area (TPSA) is 58.6 Å². The molecule has 0 bridgehead atoms. The molecule has 2 aromatic rings. The second-order valence-electron chi connectivity index (χ2n) is 4.84. The van der Waals surface area contributed by atoms with Gasteiger partial charge in [-0.25, -0.2) is 0 Å². The summed E-state index contributed by atoms with van der Waals surface area (Å²) in [6, 6.07) is 14.6. The quantitative estimate of drug-likeness (QED) is 0.887. The van der Waals surface area contributed by atoms with Gasteiger partial charge in [-0.05, 0) is 24.6 Å². The van der Waals surface area contributed by atoms with E-state index >= 15 is 0 Å². The molecule has 0 saturated heterocycles. The monoisotopic (exact) mass is 285 g/mol. The van der Waals surface area contributed by atoms with Gasteiger partial charge in [0, 0.05) is 6.54 Å². The number of amides is 1. The molecule has 0 saturated carbocycles. The fourth-order valence-corrected chi connectivity index (χ4v) is 2.02. The molecule has 0 aliphatic heterocycles. The molecule has 0 radical (unpaired) electrons. The molecular formula is C17H19NO3. The van der Waals surface area contributed by atoms with Gasteiger partial charge in [0.1, 0.15) is 5.75 Å². The number of para-hydroxylation sites is 1. The van der Waals surface area contributed by atoms with Gasteiger partial charge in [0.15, 0.2) is 0 Å². The number of ether oxygens (including phenoxy) is 1. The smallest absolute Gasteiger partial charge is 0.255 e. The molecule has 2 rings (SSSR count). The van der Waals surface area contributed by atoms with Crippen molar-refractivity contribution in [2.45, 2.75) is 13.0 Å². The molecule has 0 aliphatic rings. The van der Waals surface area contributed by atoms with E-state index in [1.807, 2.05) is 31.2 Å². The third-order valence-corrected chi connectivity index (χ3v) is 3.27. The van der Waals surface area contributed by atoms with Crippen LogP contribution >= 0.6 is 0 Å². The molecule has 4 heteroatoms. The van der Waals surface area contributed by atoms with Crippen molar-refractivity contribution in [3.63, 3.8) is 0 Å². The molecule has 0 aromatic heterocycles. The zero-order valence-corrected chi connectivity index (χ0v) is 12.2. The second kappa shape index (κ2) is 6.90. The number of aryl methyl sites for hydroxylation is 1. The standard InChI is InChI=1S/C17H19NO3/c1-12-7-9-13(10-8-12)15(19)11-18-17(20)14-5-3-4-6-16(14)21-2/h3-10,15,19H,11H2,1-2H3,(H,18,20)/t15-/m0/s1. The Morgan fingerprint density at radius 2 is 1.86 bits per heavy atom. The maximum atomic E-state index is 12.1. The lowest BCUT2D eigenvalue weighted by molar-refractivity contribution is 0.0913. The highest BCUT2D eigenvalue weighted by atomic mass is 16.5. The van der Waals surface area contributed by atoms with E-state index in [0.29, 0.717) is 11.3 Å². The van der Waals surface area contributed by atoms with Crippen LogP contribution in [-0.2, 0) is 0 Å². The number of nitrogens with one attached hydrogen (secondary N) is 1. The van der Waals surface area contributed by atoms with E-state index < -0.39 is 6.10 Å². The van der Waals surface area contributed by atoms with Gasteiger partial charge in [-0.1, -0.05) is 42.0 Å². The lowest BCUT2D eigenvalue weighted by Crippen LogP contribution is -2.28. The Labute approximate surface area is 124 Å². The van der Waals surface area contributed by atoms with E-state index in [4.69, 9.17) is 4.74 Å². The van der Waals surface area contributed by atoms with Crippen LogP contribution in [0.25, 0.3) is 0 Å². The molecule has 1 atom stereocenters. The molecule has 4 nitrogen and oxygen atoms in total. The summed E-state index contributed by atoms with van der Waals surface area (Å²) in [5.74, 6) is 0.249. The molecule has 0 aliphatic carbocycles. The van der Waals surface area contributed by atoms with E-state index in [-0.39, 0.29) is 12.5 Å². The van der Waals surface area contributed by atoms with Gasteiger partial charge in [-0.3, -0.25) is 4.79 Å². The molecule has 0 heterocycles. The van der Waals surface area contributed by atoms with Crippen molar-refractivity contribution in [3.05, 3.63) is 65.2 Å². The van der Waals surface area contributed by atoms with Gasteiger partial charge in [0.25, 0.3) is 5.91 Å². The number of hydrogen-bond donors (Lipinski definition) is 2. The van der Waals surface area contributed by atoms with Gasteiger partial charge in [-0.15, -0.1) is 0 Å². The molecule has 0 spiro atoms. The average molecular weight is 285 g/mol. The molecular weight excluding hydrogens is 266 g/mol. The van der Waals surface area contributed by atoms with Crippen molar-refractivity contribution >= 4 is 5.91 Å². The lowest BCUT2D eigenvalue weighted by atomic mass is 10.1. The molecule has 21 heavy (non-hydrogen) atoms. The maximum Gasteiger partial charge on any atom is 0.255 e. The van der Waals surface area contributed by atoms with Crippen LogP contribution in [0.1, 0.15) is 27.6 Å². The summed E-state index contributed by atoms with van der Waals surface area (Å²) in [4.78, 5) is 12.1. The van der Waals surface area contributed by atoms with E-state index in [1.165, 1.54) is 7.11 Å². The van der Waals surface area contributed by atoms with E-state index in [2.05, 4.69) is 5.32 Å². The normalized spacial score (nSPS) is 11.8. The van der Waals surface area contributed by atoms with Gasteiger partial charge < -0.3 is 15.2 Å². The minimum absolute atomic E-state index is 0.153. The third-order valence-electron chi connectivity index (χ3n) is 3.27. The Hall–Kier alpha value is -2.33. The molecule has 2 N–H and O–H groups in total. The first-order valence-electron chi connectivity index (χ1n) is 6.77. The fourth-order valence-electron chi connectivity index (χ4n) is 2.02. The first kappa shape index (κ1) is 15.1. The van der Waals surface area contributed by atoms with Crippen molar-refractivity contribution < 1.29 is 14.6 Å². The molecule has 1 amide bonds. The van der Waals surface area contributed by atoms with Gasteiger partial charge in [-0.2, -0.15) is 0 Å². The lowest BCUT2D eigenvalue weighted by Gasteiger charge is -2.13. The number of benzene rings is 2. The Balaban J connectivity index is 1.99. The van der Waals surface area contributed by atoms with E-state index in [9.17, 15) is 9.90 Å². The number of hydrogen-bond acceptors (Lipinski definition) is 3. The zero-order chi connectivity index (χ0) is 15.2. The first-order valence-corrected chi connectivity index (χ1v) is 6.77. The molecule has 0 unspecified atom stereocenters. The summed E-state index contributed by atoms with van der Waals surface area (Å²) in [5.41, 5.74) is 2.36. The van der Waals surface area contributed by atoms with Crippen molar-refractivity contribution in [1.29, 1.82) is 0 Å². The number of rotatable bonds is 5. The zero-order valence-electron chi connectivity index (χ0n) is 12.2. The highest BCUT2D eigenvalue weighted by Crippen LogP contribution is 2.17. The third kappa shape index (κ3) is 3.83. The van der Waals surface area contributed by atoms with Crippen LogP contribution in [0.15, 0.2) is 48.5 Å². The fraction of sp³-hybridized carbons (Fsp3) is 0.235. The van der Waals surface area contributed by atoms with Crippen molar-refractivity contribution in [3.8, 4) is 5.75 Å². The van der Waals surface area contributed by atoms with E-state index in [0.717, 1.165) is 11.1 Å². The number of carbonyl (C=O) groups is 1. The Kier molecular flexibility index (Phi) is 4.95. The van der Waals surface area contributed by atoms with Crippen LogP contribution in [0.5, 0.6) is 5.75 Å². The minimum Gasteiger partial charge on any atom is -0.496 e. The van der Waals surface area contributed by atoms with Crippen LogP contribution < -0.4 is 10.1 Å². The van der Waals surface area contributed by atoms with Crippen LogP contribution in [0.4, 0.5) is 0 Å². The predicted molar refractivity (Wildman–Crippen MR) is 81.5 cm³/mol. The summed E-state index contributed by atoms with van der Waals surface area (Å²) in [6.07, 6.45) is -0.732. The van der Waals surface area contributed by atoms with Crippen molar-refractivity contribution in [2.75, 3.05) is 13.7 Å². The highest BCUT2D eigenvalue weighted by molar-refractivity contribution is 5.96. The molecule has 110 valence electrons. The SMILES string of the molecule is COc1ccccc1C(=O)NC[C@H](O)c1ccc(C)cc1. The first-order chi connectivity index (χ1) is 10.1. The summed E-state index contributed by atoms with van der Waals surface area (Å²) in [6.45, 7) is 2.14. The Bertz CT molecular complexity index is 608. The van der Waals surface area contributed by atoms with Crippen LogP contribution in [0.3, 0.4) is 0 Å². The number of carbonyl (C=O) groups excluding carboxylic acids is 1. The summed E-state index contributed by atoms with van der Waals surface area (Å²) < 4.78 is 5.15. The maximum absolute atomic E-state index is 12.1. The van der Waals surface area contributed by atoms with Crippen molar-refractivity contribution in [1.82, 2.24) is 5.32 Å². The molecule has 0 fully saturated rings. The van der Waals surface area contributed by atoms with Gasteiger partial charge >= 0.3 is 0 Å². The van der Waals surface area contributed by atoms with Crippen LogP contribution in [0.2, 0.25) is 0 Å². The number of methoxy groups -OCH3 is 1. The number of aliphatic hydroxyl groups excluding tert-OH is 1. The summed E-state index contributed by atoms with van der Waals surface area (Å²) >= 11 is 0. The van der Waals surface area contributed by atoms with E-state index in [1.54, 1.807) is 24.3 Å². The van der Waals surface area contributed by atoms with Crippen LogP contribution in [0, 0.1) is 6.92 Å². The van der Waals surface area contributed by atoms with Crippen molar-refractivity contribution in [2.24, 2.45) is 0 Å². The molecule has 2 aromatic carbocycles. The second-order valence-corrected chi connectivity index (χ2v) is 4.84. The average Bonchev–Trinajstić information content (AvgIpc) is 2.52. The predicted octanol–water partition coefficient (Wildman–Crippen LogP) is 2.47. The van der Waals surface area contributed by atoms with Gasteiger partial charge in [0.2, 0.25) is 0 Å². The number of aliphatic hydroxyl groups is 1. The van der Waals surface area contributed by atoms with Crippen LogP contribution in [-0.4, -0.2) is 24.7 Å². The summed E-state index contributed by atoms with van der Waals surface area (Å²) in [7, 11) is 1.52. The summed E-state index contributed by atoms with van der Waals surface area (Å²) in [5, 5.41) is 12.8. The highest BCUT2D eigenvalue weighted by Gasteiger charge is 2.13. The Morgan fingerprint density at radius 3 is 2.52 bits per heavy atom. The minimum atomic E-state index is -0.732. The van der Waals surface area contributed by atoms with Gasteiger partial charge in [0.05, 0.1) is 18.8 Å². The Morgan fingerprint density at radius 1 is 1.19 bits per heavy atom.